The van der Waals surface area contributed by atoms with Crippen LogP contribution in [0.1, 0.15) is 39.3 Å². The first kappa shape index (κ1) is 16.3. The van der Waals surface area contributed by atoms with Crippen LogP contribution in [0, 0.1) is 0 Å². The summed E-state index contributed by atoms with van der Waals surface area (Å²) in [4.78, 5) is 11.6. The molecule has 1 aromatic rings. The van der Waals surface area contributed by atoms with E-state index in [2.05, 4.69) is 5.32 Å². The normalized spacial score (nSPS) is 13.2. The van der Waals surface area contributed by atoms with Crippen molar-refractivity contribution in [1.82, 2.24) is 5.32 Å². The molecule has 106 valence electrons. The maximum absolute atomic E-state index is 11.6. The van der Waals surface area contributed by atoms with E-state index in [1.54, 1.807) is 12.1 Å². The van der Waals surface area contributed by atoms with Crippen molar-refractivity contribution in [2.24, 2.45) is 0 Å². The first-order valence-electron chi connectivity index (χ1n) is 6.09. The second kappa shape index (κ2) is 6.60. The highest BCUT2D eigenvalue weighted by Gasteiger charge is 2.17. The molecule has 0 amide bonds. The van der Waals surface area contributed by atoms with Crippen LogP contribution in [0.25, 0.3) is 0 Å². The van der Waals surface area contributed by atoms with Crippen LogP contribution in [-0.2, 0) is 9.53 Å². The van der Waals surface area contributed by atoms with Crippen LogP contribution >= 0.6 is 23.2 Å². The molecule has 1 N–H and O–H groups in total. The molecule has 0 radical (unpaired) electrons. The first-order chi connectivity index (χ1) is 8.69. The van der Waals surface area contributed by atoms with Gasteiger partial charge in [-0.15, -0.1) is 0 Å². The van der Waals surface area contributed by atoms with E-state index >= 15 is 0 Å². The van der Waals surface area contributed by atoms with Gasteiger partial charge < -0.3 is 10.1 Å². The van der Waals surface area contributed by atoms with Gasteiger partial charge in [-0.05, 0) is 45.4 Å². The zero-order valence-electron chi connectivity index (χ0n) is 11.6. The van der Waals surface area contributed by atoms with Crippen LogP contribution < -0.4 is 5.32 Å². The monoisotopic (exact) mass is 303 g/mol. The molecule has 5 heteroatoms. The molecule has 0 aliphatic heterocycles. The topological polar surface area (TPSA) is 38.3 Å². The number of hydrogen-bond acceptors (Lipinski definition) is 3. The highest BCUT2D eigenvalue weighted by Crippen LogP contribution is 2.25. The maximum atomic E-state index is 11.6. The lowest BCUT2D eigenvalue weighted by molar-refractivity contribution is -0.153. The van der Waals surface area contributed by atoms with Crippen molar-refractivity contribution in [2.75, 3.05) is 6.54 Å². The summed E-state index contributed by atoms with van der Waals surface area (Å²) < 4.78 is 5.22. The van der Waals surface area contributed by atoms with Crippen molar-refractivity contribution in [3.8, 4) is 0 Å². The standard InChI is InChI=1S/C14H19Cl2NO2/c1-9(11-6-5-10(15)7-12(11)16)17-8-13(18)19-14(2,3)4/h5-7,9,17H,8H2,1-4H3. The second-order valence-corrected chi connectivity index (χ2v) is 6.20. The lowest BCUT2D eigenvalue weighted by Gasteiger charge is -2.21. The van der Waals surface area contributed by atoms with Crippen LogP contribution in [0.5, 0.6) is 0 Å². The number of rotatable bonds is 4. The summed E-state index contributed by atoms with van der Waals surface area (Å²) >= 11 is 11.9. The minimum Gasteiger partial charge on any atom is -0.459 e. The third-order valence-electron chi connectivity index (χ3n) is 2.40. The van der Waals surface area contributed by atoms with Gasteiger partial charge in [0.25, 0.3) is 0 Å². The van der Waals surface area contributed by atoms with E-state index in [4.69, 9.17) is 27.9 Å². The van der Waals surface area contributed by atoms with Gasteiger partial charge in [-0.3, -0.25) is 4.79 Å². The third-order valence-corrected chi connectivity index (χ3v) is 2.96. The lowest BCUT2D eigenvalue weighted by atomic mass is 10.1. The van der Waals surface area contributed by atoms with Gasteiger partial charge in [-0.2, -0.15) is 0 Å². The smallest absolute Gasteiger partial charge is 0.320 e. The van der Waals surface area contributed by atoms with E-state index in [1.165, 1.54) is 0 Å². The predicted molar refractivity (Wildman–Crippen MR) is 78.7 cm³/mol. The van der Waals surface area contributed by atoms with Crippen LogP contribution in [0.2, 0.25) is 10.0 Å². The molecule has 1 unspecified atom stereocenters. The fraction of sp³-hybridized carbons (Fsp3) is 0.500. The highest BCUT2D eigenvalue weighted by molar-refractivity contribution is 6.35. The van der Waals surface area contributed by atoms with Crippen molar-refractivity contribution in [2.45, 2.75) is 39.3 Å². The van der Waals surface area contributed by atoms with Gasteiger partial charge in [0.2, 0.25) is 0 Å². The zero-order valence-corrected chi connectivity index (χ0v) is 13.1. The van der Waals surface area contributed by atoms with E-state index in [1.807, 2.05) is 33.8 Å². The molecule has 1 atom stereocenters. The minimum absolute atomic E-state index is 0.0581. The molecule has 0 aliphatic carbocycles. The van der Waals surface area contributed by atoms with Crippen molar-refractivity contribution < 1.29 is 9.53 Å². The molecule has 0 spiro atoms. The number of ether oxygens (including phenoxy) is 1. The van der Waals surface area contributed by atoms with Gasteiger partial charge in [0.15, 0.2) is 0 Å². The average molecular weight is 304 g/mol. The zero-order chi connectivity index (χ0) is 14.6. The molecule has 0 heterocycles. The second-order valence-electron chi connectivity index (χ2n) is 5.35. The van der Waals surface area contributed by atoms with Gasteiger partial charge in [0, 0.05) is 16.1 Å². The summed E-state index contributed by atoms with van der Waals surface area (Å²) in [6.45, 7) is 7.58. The minimum atomic E-state index is -0.472. The molecule has 0 saturated carbocycles. The van der Waals surface area contributed by atoms with Crippen molar-refractivity contribution >= 4 is 29.2 Å². The largest absolute Gasteiger partial charge is 0.459 e. The fourth-order valence-electron chi connectivity index (χ4n) is 1.58. The van der Waals surface area contributed by atoms with Crippen LogP contribution in [0.15, 0.2) is 18.2 Å². The number of carbonyl (C=O) groups excluding carboxylic acids is 1. The summed E-state index contributed by atoms with van der Waals surface area (Å²) in [7, 11) is 0. The Kier molecular flexibility index (Phi) is 5.65. The van der Waals surface area contributed by atoms with Gasteiger partial charge in [-0.1, -0.05) is 29.3 Å². The van der Waals surface area contributed by atoms with E-state index in [9.17, 15) is 4.79 Å². The summed E-state index contributed by atoms with van der Waals surface area (Å²) in [6, 6.07) is 5.24. The highest BCUT2D eigenvalue weighted by atomic mass is 35.5. The Morgan fingerprint density at radius 2 is 2.00 bits per heavy atom. The van der Waals surface area contributed by atoms with E-state index in [-0.39, 0.29) is 18.6 Å². The first-order valence-corrected chi connectivity index (χ1v) is 6.85. The van der Waals surface area contributed by atoms with Crippen molar-refractivity contribution in [1.29, 1.82) is 0 Å². The Morgan fingerprint density at radius 1 is 1.37 bits per heavy atom. The number of hydrogen-bond donors (Lipinski definition) is 1. The summed E-state index contributed by atoms with van der Waals surface area (Å²) in [5, 5.41) is 4.25. The Labute approximate surface area is 124 Å². The number of carbonyl (C=O) groups is 1. The van der Waals surface area contributed by atoms with Crippen LogP contribution in [-0.4, -0.2) is 18.1 Å². The molecule has 0 fully saturated rings. The number of esters is 1. The Morgan fingerprint density at radius 3 is 2.53 bits per heavy atom. The molecule has 0 saturated heterocycles. The summed E-state index contributed by atoms with van der Waals surface area (Å²) in [6.07, 6.45) is 0. The third kappa shape index (κ3) is 5.81. The SMILES string of the molecule is CC(NCC(=O)OC(C)(C)C)c1ccc(Cl)cc1Cl. The molecule has 0 aliphatic rings. The summed E-state index contributed by atoms with van der Waals surface area (Å²) in [5.41, 5.74) is 0.425. The average Bonchev–Trinajstić information content (AvgIpc) is 2.23. The maximum Gasteiger partial charge on any atom is 0.320 e. The van der Waals surface area contributed by atoms with Crippen molar-refractivity contribution in [3.63, 3.8) is 0 Å². The van der Waals surface area contributed by atoms with E-state index in [0.29, 0.717) is 10.0 Å². The van der Waals surface area contributed by atoms with Gasteiger partial charge in [0.1, 0.15) is 5.60 Å². The molecule has 1 rings (SSSR count). The molecular weight excluding hydrogens is 285 g/mol. The van der Waals surface area contributed by atoms with Gasteiger partial charge >= 0.3 is 5.97 Å². The predicted octanol–water partition coefficient (Wildman–Crippen LogP) is 3.99. The van der Waals surface area contributed by atoms with Gasteiger partial charge in [-0.25, -0.2) is 0 Å². The van der Waals surface area contributed by atoms with Crippen molar-refractivity contribution in [3.05, 3.63) is 33.8 Å². The fourth-order valence-corrected chi connectivity index (χ4v) is 2.15. The van der Waals surface area contributed by atoms with Gasteiger partial charge in [0.05, 0.1) is 6.54 Å². The van der Waals surface area contributed by atoms with Crippen LogP contribution in [0.3, 0.4) is 0 Å². The quantitative estimate of drug-likeness (QED) is 0.855. The van der Waals surface area contributed by atoms with E-state index in [0.717, 1.165) is 5.56 Å². The molecular formula is C14H19Cl2NO2. The Hall–Kier alpha value is -0.770. The molecule has 0 bridgehead atoms. The Bertz CT molecular complexity index is 455. The number of nitrogens with one attached hydrogen (secondary N) is 1. The molecule has 1 aromatic carbocycles. The molecule has 3 nitrogen and oxygen atoms in total. The molecule has 19 heavy (non-hydrogen) atoms. The lowest BCUT2D eigenvalue weighted by Crippen LogP contribution is -2.32. The van der Waals surface area contributed by atoms with E-state index < -0.39 is 5.60 Å². The number of benzene rings is 1. The molecule has 0 aromatic heterocycles. The summed E-state index contributed by atoms with van der Waals surface area (Å²) in [5.74, 6) is -0.288. The Balaban J connectivity index is 2.56. The number of halogens is 2. The van der Waals surface area contributed by atoms with Crippen LogP contribution in [0.4, 0.5) is 0 Å².